The smallest absolute Gasteiger partial charge is 0.399 e. The quantitative estimate of drug-likeness (QED) is 0.237. The Balaban J connectivity index is 1.25. The van der Waals surface area contributed by atoms with E-state index >= 15 is 0 Å². The zero-order chi connectivity index (χ0) is 25.6. The molecule has 1 saturated heterocycles. The Morgan fingerprint density at radius 2 is 1.42 bits per heavy atom. The molecule has 0 amide bonds. The third-order valence-electron chi connectivity index (χ3n) is 11.7. The fraction of sp³-hybridized carbons (Fsp3) is 0.471. The van der Waals surface area contributed by atoms with Crippen LogP contribution < -0.4 is 5.46 Å². The van der Waals surface area contributed by atoms with E-state index in [1.165, 1.54) is 57.8 Å². The van der Waals surface area contributed by atoms with E-state index in [1.807, 2.05) is 11.3 Å². The first-order valence-electron chi connectivity index (χ1n) is 14.7. The molecule has 4 bridgehead atoms. The molecule has 3 aromatic carbocycles. The maximum atomic E-state index is 6.41. The van der Waals surface area contributed by atoms with Crippen LogP contribution in [0.3, 0.4) is 0 Å². The van der Waals surface area contributed by atoms with E-state index < -0.39 is 0 Å². The Kier molecular flexibility index (Phi) is 4.25. The van der Waals surface area contributed by atoms with Gasteiger partial charge in [0.1, 0.15) is 0 Å². The molecule has 0 unspecified atom stereocenters. The Bertz CT molecular complexity index is 1620. The Morgan fingerprint density at radius 3 is 2.13 bits per heavy atom. The third-order valence-corrected chi connectivity index (χ3v) is 12.8. The van der Waals surface area contributed by atoms with Gasteiger partial charge in [-0.15, -0.1) is 11.3 Å². The Labute approximate surface area is 229 Å². The van der Waals surface area contributed by atoms with Crippen molar-refractivity contribution in [2.45, 2.75) is 76.4 Å². The predicted octanol–water partition coefficient (Wildman–Crippen LogP) is 8.08. The molecule has 38 heavy (non-hydrogen) atoms. The van der Waals surface area contributed by atoms with Gasteiger partial charge in [0, 0.05) is 25.6 Å². The van der Waals surface area contributed by atoms with Crippen LogP contribution in [0.4, 0.5) is 0 Å². The molecule has 4 saturated carbocycles. The van der Waals surface area contributed by atoms with Crippen molar-refractivity contribution >= 4 is 44.1 Å². The molecule has 4 aromatic rings. The zero-order valence-electron chi connectivity index (χ0n) is 22.8. The summed E-state index contributed by atoms with van der Waals surface area (Å²) >= 11 is 1.93. The fourth-order valence-corrected chi connectivity index (χ4v) is 10.8. The molecule has 4 heteroatoms. The van der Waals surface area contributed by atoms with E-state index in [0.717, 1.165) is 29.1 Å². The van der Waals surface area contributed by atoms with Gasteiger partial charge in [-0.05, 0) is 123 Å². The normalized spacial score (nSPS) is 33.5. The molecule has 1 aliphatic heterocycles. The van der Waals surface area contributed by atoms with Gasteiger partial charge in [0.05, 0.1) is 11.2 Å². The van der Waals surface area contributed by atoms with Crippen molar-refractivity contribution in [1.82, 2.24) is 0 Å². The molecule has 0 atom stereocenters. The maximum absolute atomic E-state index is 6.41. The van der Waals surface area contributed by atoms with Gasteiger partial charge >= 0.3 is 7.12 Å². The monoisotopic (exact) mass is 518 g/mol. The molecule has 0 N–H and O–H groups in total. The minimum Gasteiger partial charge on any atom is -0.399 e. The van der Waals surface area contributed by atoms with Crippen molar-refractivity contribution in [1.29, 1.82) is 0 Å². The van der Waals surface area contributed by atoms with E-state index in [1.54, 1.807) is 16.7 Å². The fourth-order valence-electron chi connectivity index (χ4n) is 9.65. The van der Waals surface area contributed by atoms with E-state index in [4.69, 9.17) is 9.31 Å². The van der Waals surface area contributed by atoms with Gasteiger partial charge in [-0.25, -0.2) is 0 Å². The van der Waals surface area contributed by atoms with Crippen LogP contribution in [0.1, 0.15) is 70.9 Å². The van der Waals surface area contributed by atoms with Crippen molar-refractivity contribution < 1.29 is 9.31 Å². The molecule has 192 valence electrons. The highest BCUT2D eigenvalue weighted by Crippen LogP contribution is 2.70. The van der Waals surface area contributed by atoms with Crippen molar-refractivity contribution in [3.8, 4) is 11.1 Å². The first-order valence-corrected chi connectivity index (χ1v) is 15.5. The molecule has 1 spiro atoms. The van der Waals surface area contributed by atoms with Crippen LogP contribution in [0.15, 0.2) is 54.6 Å². The summed E-state index contributed by atoms with van der Waals surface area (Å²) in [5.41, 5.74) is 7.03. The first-order chi connectivity index (χ1) is 18.3. The molecule has 5 aliphatic carbocycles. The summed E-state index contributed by atoms with van der Waals surface area (Å²) in [5, 5.41) is 2.86. The van der Waals surface area contributed by atoms with Gasteiger partial charge in [-0.1, -0.05) is 42.5 Å². The molecule has 5 fully saturated rings. The van der Waals surface area contributed by atoms with E-state index in [-0.39, 0.29) is 23.7 Å². The number of hydrogen-bond donors (Lipinski definition) is 0. The number of rotatable bonds is 1. The maximum Gasteiger partial charge on any atom is 0.494 e. The summed E-state index contributed by atoms with van der Waals surface area (Å²) in [6.07, 6.45) is 7.22. The lowest BCUT2D eigenvalue weighted by Gasteiger charge is -2.61. The van der Waals surface area contributed by atoms with Gasteiger partial charge in [0.25, 0.3) is 0 Å². The molecule has 2 heterocycles. The number of benzene rings is 3. The molecule has 0 radical (unpaired) electrons. The van der Waals surface area contributed by atoms with Crippen LogP contribution >= 0.6 is 11.3 Å². The van der Waals surface area contributed by atoms with Crippen LogP contribution in [-0.2, 0) is 14.7 Å². The number of hydrogen-bond acceptors (Lipinski definition) is 3. The Morgan fingerprint density at radius 1 is 0.737 bits per heavy atom. The highest BCUT2D eigenvalue weighted by Gasteiger charge is 2.61. The van der Waals surface area contributed by atoms with Gasteiger partial charge in [-0.3, -0.25) is 0 Å². The summed E-state index contributed by atoms with van der Waals surface area (Å²) < 4.78 is 15.6. The predicted molar refractivity (Wildman–Crippen MR) is 158 cm³/mol. The van der Waals surface area contributed by atoms with E-state index in [0.29, 0.717) is 0 Å². The summed E-state index contributed by atoms with van der Waals surface area (Å²) in [7, 11) is -0.322. The van der Waals surface area contributed by atoms with Crippen LogP contribution in [-0.4, -0.2) is 18.3 Å². The van der Waals surface area contributed by atoms with Crippen LogP contribution in [0.25, 0.3) is 31.3 Å². The molecule has 2 nitrogen and oxygen atoms in total. The van der Waals surface area contributed by atoms with Crippen LogP contribution in [0, 0.1) is 23.7 Å². The standard InChI is InChI=1S/C34H35BO2S/c1-32(2)33(3,4)37-35(36-32)23-9-10-25-29(18-23)38-28-12-11-27-30(31(25)28)24-7-5-6-8-26(24)34(27)21-14-19-13-20(16-21)17-22(34)15-19/h5-12,18-22H,13-17H2,1-4H3. The molecular weight excluding hydrogens is 483 g/mol. The first kappa shape index (κ1) is 22.7. The van der Waals surface area contributed by atoms with E-state index in [2.05, 4.69) is 82.3 Å². The van der Waals surface area contributed by atoms with Gasteiger partial charge in [0.15, 0.2) is 0 Å². The number of thiophene rings is 1. The lowest BCUT2D eigenvalue weighted by molar-refractivity contribution is -0.0399. The lowest BCUT2D eigenvalue weighted by atomic mass is 9.43. The topological polar surface area (TPSA) is 18.5 Å². The molecule has 6 aliphatic rings. The van der Waals surface area contributed by atoms with Gasteiger partial charge < -0.3 is 9.31 Å². The summed E-state index contributed by atoms with van der Waals surface area (Å²) in [6.45, 7) is 8.52. The van der Waals surface area contributed by atoms with E-state index in [9.17, 15) is 0 Å². The second-order valence-electron chi connectivity index (χ2n) is 14.0. The van der Waals surface area contributed by atoms with Crippen molar-refractivity contribution in [3.05, 3.63) is 65.7 Å². The highest BCUT2D eigenvalue weighted by atomic mass is 32.1. The Hall–Kier alpha value is -2.14. The summed E-state index contributed by atoms with van der Waals surface area (Å²) in [6, 6.07) is 21.4. The summed E-state index contributed by atoms with van der Waals surface area (Å²) in [4.78, 5) is 0. The minimum atomic E-state index is -0.329. The number of fused-ring (bicyclic) bond motifs is 7. The van der Waals surface area contributed by atoms with Crippen molar-refractivity contribution in [3.63, 3.8) is 0 Å². The van der Waals surface area contributed by atoms with Crippen molar-refractivity contribution in [2.24, 2.45) is 23.7 Å². The van der Waals surface area contributed by atoms with Crippen LogP contribution in [0.5, 0.6) is 0 Å². The lowest BCUT2D eigenvalue weighted by Crippen LogP contribution is -2.55. The van der Waals surface area contributed by atoms with Gasteiger partial charge in [-0.2, -0.15) is 0 Å². The summed E-state index contributed by atoms with van der Waals surface area (Å²) in [5.74, 6) is 3.55. The SMILES string of the molecule is CC1(C)OB(c2ccc3c(c2)sc2ccc4c(c23)-c2ccccc2C42C3CC4CC(C3)CC2C4)OC1(C)C. The second-order valence-corrected chi connectivity index (χ2v) is 15.1. The molecule has 10 rings (SSSR count). The zero-order valence-corrected chi connectivity index (χ0v) is 23.7. The van der Waals surface area contributed by atoms with Crippen molar-refractivity contribution in [2.75, 3.05) is 0 Å². The minimum absolute atomic E-state index is 0.227. The molecular formula is C34H35BO2S. The highest BCUT2D eigenvalue weighted by molar-refractivity contribution is 7.26. The average molecular weight is 519 g/mol. The van der Waals surface area contributed by atoms with Crippen LogP contribution in [0.2, 0.25) is 0 Å². The average Bonchev–Trinajstić information content (AvgIpc) is 3.46. The second kappa shape index (κ2) is 7.13. The largest absolute Gasteiger partial charge is 0.494 e. The molecule has 1 aromatic heterocycles. The van der Waals surface area contributed by atoms with Gasteiger partial charge in [0.2, 0.25) is 0 Å². The third kappa shape index (κ3) is 2.63.